The molecular formula is C13H11FN2O3. The minimum atomic E-state index is -1.40. The van der Waals surface area contributed by atoms with Crippen LogP contribution in [0.3, 0.4) is 0 Å². The monoisotopic (exact) mass is 262 g/mol. The highest BCUT2D eigenvalue weighted by Crippen LogP contribution is 2.26. The maximum Gasteiger partial charge on any atom is 0.342 e. The molecular weight excluding hydrogens is 251 g/mol. The van der Waals surface area contributed by atoms with Crippen molar-refractivity contribution in [2.24, 2.45) is 0 Å². The zero-order valence-electron chi connectivity index (χ0n) is 10.3. The summed E-state index contributed by atoms with van der Waals surface area (Å²) >= 11 is 0. The van der Waals surface area contributed by atoms with Gasteiger partial charge in [-0.1, -0.05) is 6.07 Å². The second-order valence-electron chi connectivity index (χ2n) is 3.90. The van der Waals surface area contributed by atoms with E-state index in [0.29, 0.717) is 5.69 Å². The van der Waals surface area contributed by atoms with E-state index in [2.05, 4.69) is 9.97 Å². The van der Waals surface area contributed by atoms with Gasteiger partial charge < -0.3 is 9.84 Å². The van der Waals surface area contributed by atoms with E-state index in [0.717, 1.165) is 11.8 Å². The Morgan fingerprint density at radius 3 is 2.68 bits per heavy atom. The molecule has 1 aromatic heterocycles. The van der Waals surface area contributed by atoms with Gasteiger partial charge in [0, 0.05) is 0 Å². The van der Waals surface area contributed by atoms with Gasteiger partial charge in [0.2, 0.25) is 5.88 Å². The van der Waals surface area contributed by atoms with Crippen LogP contribution in [0.1, 0.15) is 21.7 Å². The number of benzene rings is 1. The molecule has 0 aliphatic heterocycles. The number of aromatic nitrogens is 2. The summed E-state index contributed by atoms with van der Waals surface area (Å²) in [4.78, 5) is 19.1. The summed E-state index contributed by atoms with van der Waals surface area (Å²) in [5.74, 6) is -2.24. The fourth-order valence-electron chi connectivity index (χ4n) is 1.48. The topological polar surface area (TPSA) is 72.3 Å². The standard InChI is InChI=1S/C13H11FN2O3/c1-7-8(2)16-11(6-15-7)19-10-5-3-4-9(14)12(10)13(17)18/h3-6H,1-2H3,(H,17,18). The van der Waals surface area contributed by atoms with E-state index in [4.69, 9.17) is 9.84 Å². The first-order valence-corrected chi connectivity index (χ1v) is 5.49. The molecule has 1 N–H and O–H groups in total. The van der Waals surface area contributed by atoms with E-state index in [1.54, 1.807) is 13.8 Å². The van der Waals surface area contributed by atoms with E-state index < -0.39 is 17.3 Å². The molecule has 98 valence electrons. The molecule has 1 aromatic carbocycles. The Kier molecular flexibility index (Phi) is 3.41. The van der Waals surface area contributed by atoms with Crippen molar-refractivity contribution in [3.05, 3.63) is 47.2 Å². The maximum atomic E-state index is 13.5. The van der Waals surface area contributed by atoms with E-state index >= 15 is 0 Å². The van der Waals surface area contributed by atoms with Gasteiger partial charge in [0.05, 0.1) is 17.6 Å². The molecule has 6 heteroatoms. The Balaban J connectivity index is 2.40. The molecule has 0 saturated heterocycles. The molecule has 5 nitrogen and oxygen atoms in total. The first kappa shape index (κ1) is 12.9. The van der Waals surface area contributed by atoms with Gasteiger partial charge in [0.25, 0.3) is 0 Å². The highest BCUT2D eigenvalue weighted by molar-refractivity contribution is 5.91. The van der Waals surface area contributed by atoms with Crippen LogP contribution < -0.4 is 4.74 Å². The molecule has 0 fully saturated rings. The van der Waals surface area contributed by atoms with Gasteiger partial charge in [-0.2, -0.15) is 0 Å². The van der Waals surface area contributed by atoms with E-state index in [1.165, 1.54) is 18.3 Å². The smallest absolute Gasteiger partial charge is 0.342 e. The highest BCUT2D eigenvalue weighted by Gasteiger charge is 2.18. The summed E-state index contributed by atoms with van der Waals surface area (Å²) in [5.41, 5.74) is 0.873. The van der Waals surface area contributed by atoms with Gasteiger partial charge in [-0.3, -0.25) is 4.98 Å². The fourth-order valence-corrected chi connectivity index (χ4v) is 1.48. The number of aromatic carboxylic acids is 1. The molecule has 19 heavy (non-hydrogen) atoms. The number of halogens is 1. The quantitative estimate of drug-likeness (QED) is 0.920. The van der Waals surface area contributed by atoms with Crippen molar-refractivity contribution in [3.63, 3.8) is 0 Å². The van der Waals surface area contributed by atoms with Gasteiger partial charge in [0.1, 0.15) is 17.1 Å². The number of carbonyl (C=O) groups is 1. The van der Waals surface area contributed by atoms with Crippen molar-refractivity contribution in [1.82, 2.24) is 9.97 Å². The Morgan fingerprint density at radius 2 is 2.05 bits per heavy atom. The lowest BCUT2D eigenvalue weighted by Gasteiger charge is -2.09. The van der Waals surface area contributed by atoms with E-state index in [9.17, 15) is 9.18 Å². The molecule has 0 aliphatic rings. The second kappa shape index (κ2) is 5.01. The Labute approximate surface area is 108 Å². The van der Waals surface area contributed by atoms with E-state index in [-0.39, 0.29) is 11.6 Å². The van der Waals surface area contributed by atoms with Crippen molar-refractivity contribution >= 4 is 5.97 Å². The summed E-state index contributed by atoms with van der Waals surface area (Å²) in [6.07, 6.45) is 1.36. The first-order valence-electron chi connectivity index (χ1n) is 5.49. The van der Waals surface area contributed by atoms with Crippen molar-refractivity contribution in [2.75, 3.05) is 0 Å². The number of ether oxygens (including phenoxy) is 1. The molecule has 0 spiro atoms. The zero-order valence-corrected chi connectivity index (χ0v) is 10.3. The van der Waals surface area contributed by atoms with Crippen LogP contribution >= 0.6 is 0 Å². The van der Waals surface area contributed by atoms with Crippen molar-refractivity contribution < 1.29 is 19.0 Å². The third-order valence-electron chi connectivity index (χ3n) is 2.57. The molecule has 1 heterocycles. The predicted octanol–water partition coefficient (Wildman–Crippen LogP) is 2.72. The Hall–Kier alpha value is -2.50. The van der Waals surface area contributed by atoms with Gasteiger partial charge in [-0.25, -0.2) is 14.2 Å². The van der Waals surface area contributed by atoms with Crippen LogP contribution in [0.5, 0.6) is 11.6 Å². The summed E-state index contributed by atoms with van der Waals surface area (Å²) in [6, 6.07) is 3.79. The summed E-state index contributed by atoms with van der Waals surface area (Å²) in [6.45, 7) is 3.54. The number of carboxylic acids is 1. The van der Waals surface area contributed by atoms with Crippen molar-refractivity contribution in [1.29, 1.82) is 0 Å². The van der Waals surface area contributed by atoms with Crippen molar-refractivity contribution in [2.45, 2.75) is 13.8 Å². The molecule has 2 rings (SSSR count). The lowest BCUT2D eigenvalue weighted by molar-refractivity contribution is 0.0689. The zero-order chi connectivity index (χ0) is 14.0. The Morgan fingerprint density at radius 1 is 1.32 bits per heavy atom. The number of aryl methyl sites for hydroxylation is 2. The molecule has 0 radical (unpaired) electrons. The van der Waals surface area contributed by atoms with E-state index in [1.807, 2.05) is 0 Å². The average Bonchev–Trinajstić information content (AvgIpc) is 2.33. The minimum Gasteiger partial charge on any atom is -0.477 e. The molecule has 0 atom stereocenters. The summed E-state index contributed by atoms with van der Waals surface area (Å²) in [5, 5.41) is 8.97. The maximum absolute atomic E-state index is 13.5. The number of hydrogen-bond acceptors (Lipinski definition) is 4. The van der Waals surface area contributed by atoms with Crippen molar-refractivity contribution in [3.8, 4) is 11.6 Å². The third kappa shape index (κ3) is 2.67. The molecule has 0 saturated carbocycles. The SMILES string of the molecule is Cc1ncc(Oc2cccc(F)c2C(=O)O)nc1C. The molecule has 0 amide bonds. The largest absolute Gasteiger partial charge is 0.477 e. The molecule has 2 aromatic rings. The predicted molar refractivity (Wildman–Crippen MR) is 64.9 cm³/mol. The molecule has 0 unspecified atom stereocenters. The van der Waals surface area contributed by atoms with Crippen LogP contribution in [-0.2, 0) is 0 Å². The van der Waals surface area contributed by atoms with Gasteiger partial charge in [-0.15, -0.1) is 0 Å². The second-order valence-corrected chi connectivity index (χ2v) is 3.90. The summed E-state index contributed by atoms with van der Waals surface area (Å²) < 4.78 is 18.7. The number of rotatable bonds is 3. The Bertz CT molecular complexity index is 644. The highest BCUT2D eigenvalue weighted by atomic mass is 19.1. The number of nitrogens with zero attached hydrogens (tertiary/aromatic N) is 2. The van der Waals surface area contributed by atoms with Gasteiger partial charge >= 0.3 is 5.97 Å². The lowest BCUT2D eigenvalue weighted by Crippen LogP contribution is -2.04. The summed E-state index contributed by atoms with van der Waals surface area (Å²) in [7, 11) is 0. The van der Waals surface area contributed by atoms with Crippen LogP contribution in [0.4, 0.5) is 4.39 Å². The number of hydrogen-bond donors (Lipinski definition) is 1. The normalized spacial score (nSPS) is 10.3. The van der Waals surface area contributed by atoms with Crippen LogP contribution in [0.15, 0.2) is 24.4 Å². The van der Waals surface area contributed by atoms with Gasteiger partial charge in [-0.05, 0) is 26.0 Å². The van der Waals surface area contributed by atoms with Crippen LogP contribution in [0.2, 0.25) is 0 Å². The van der Waals surface area contributed by atoms with Crippen LogP contribution in [0, 0.1) is 19.7 Å². The minimum absolute atomic E-state index is 0.106. The molecule has 0 bridgehead atoms. The molecule has 0 aliphatic carbocycles. The fraction of sp³-hybridized carbons (Fsp3) is 0.154. The lowest BCUT2D eigenvalue weighted by atomic mass is 10.2. The number of carboxylic acid groups (broad SMARTS) is 1. The van der Waals surface area contributed by atoms with Gasteiger partial charge in [0.15, 0.2) is 0 Å². The third-order valence-corrected chi connectivity index (χ3v) is 2.57. The van der Waals surface area contributed by atoms with Crippen LogP contribution in [-0.4, -0.2) is 21.0 Å². The average molecular weight is 262 g/mol. The first-order chi connectivity index (χ1) is 8.99. The van der Waals surface area contributed by atoms with Crippen LogP contribution in [0.25, 0.3) is 0 Å².